The van der Waals surface area contributed by atoms with Crippen LogP contribution in [0.5, 0.6) is 0 Å². The number of aromatic amines is 1. The number of nitrogens with zero attached hydrogens (tertiary/aromatic N) is 4. The van der Waals surface area contributed by atoms with E-state index in [0.29, 0.717) is 5.69 Å². The molecular weight excluding hydrogens is 349 g/mol. The van der Waals surface area contributed by atoms with E-state index in [1.807, 2.05) is 12.1 Å². The lowest BCUT2D eigenvalue weighted by Gasteiger charge is -2.34. The van der Waals surface area contributed by atoms with Crippen molar-refractivity contribution in [2.24, 2.45) is 0 Å². The molecule has 0 unspecified atom stereocenters. The number of piperazine rings is 1. The largest absolute Gasteiger partial charge is 0.367 e. The second kappa shape index (κ2) is 7.25. The van der Waals surface area contributed by atoms with Crippen molar-refractivity contribution in [1.29, 1.82) is 0 Å². The fraction of sp³-hybridized carbons (Fsp3) is 0.368. The number of benzene rings is 1. The molecule has 0 radical (unpaired) electrons. The maximum absolute atomic E-state index is 14.6. The van der Waals surface area contributed by atoms with Crippen LogP contribution in [-0.2, 0) is 5.75 Å². The Kier molecular flexibility index (Phi) is 4.82. The molecule has 3 heterocycles. The van der Waals surface area contributed by atoms with Gasteiger partial charge >= 0.3 is 0 Å². The van der Waals surface area contributed by atoms with Crippen molar-refractivity contribution < 1.29 is 4.39 Å². The summed E-state index contributed by atoms with van der Waals surface area (Å²) in [6, 6.07) is 7.42. The van der Waals surface area contributed by atoms with Crippen LogP contribution in [0.4, 0.5) is 10.1 Å². The van der Waals surface area contributed by atoms with Crippen molar-refractivity contribution in [3.8, 4) is 0 Å². The molecular formula is C19H22FN5S. The SMILES string of the molecule is Cc1cccnc1CSc1nc2cc(N3CCN(C)CC3)c(F)cc2[nH]1. The summed E-state index contributed by atoms with van der Waals surface area (Å²) in [4.78, 5) is 16.6. The van der Waals surface area contributed by atoms with E-state index in [9.17, 15) is 4.39 Å². The molecule has 5 nitrogen and oxygen atoms in total. The summed E-state index contributed by atoms with van der Waals surface area (Å²) in [5.41, 5.74) is 4.40. The molecule has 0 bridgehead atoms. The maximum Gasteiger partial charge on any atom is 0.166 e. The standard InChI is InChI=1S/C19H22FN5S/c1-13-4-3-5-21-17(13)12-26-19-22-15-10-14(20)18(11-16(15)23-19)25-8-6-24(2)7-9-25/h3-5,10-11H,6-9,12H2,1-2H3,(H,22,23). The molecule has 1 aliphatic heterocycles. The molecule has 7 heteroatoms. The predicted molar refractivity (Wildman–Crippen MR) is 104 cm³/mol. The topological polar surface area (TPSA) is 48.1 Å². The Labute approximate surface area is 156 Å². The van der Waals surface area contributed by atoms with Crippen molar-refractivity contribution >= 4 is 28.5 Å². The fourth-order valence-electron chi connectivity index (χ4n) is 3.16. The van der Waals surface area contributed by atoms with Crippen molar-refractivity contribution in [2.75, 3.05) is 38.1 Å². The summed E-state index contributed by atoms with van der Waals surface area (Å²) in [6.45, 7) is 5.62. The minimum Gasteiger partial charge on any atom is -0.367 e. The molecule has 136 valence electrons. The Balaban J connectivity index is 1.54. The minimum atomic E-state index is -0.192. The number of H-pyrrole nitrogens is 1. The van der Waals surface area contributed by atoms with Gasteiger partial charge < -0.3 is 14.8 Å². The van der Waals surface area contributed by atoms with E-state index < -0.39 is 0 Å². The first-order valence-electron chi connectivity index (χ1n) is 8.76. The Morgan fingerprint density at radius 3 is 2.81 bits per heavy atom. The van der Waals surface area contributed by atoms with Crippen molar-refractivity contribution in [3.05, 3.63) is 47.5 Å². The molecule has 4 rings (SSSR count). The second-order valence-corrected chi connectivity index (χ2v) is 7.67. The predicted octanol–water partition coefficient (Wildman–Crippen LogP) is 3.45. The maximum atomic E-state index is 14.6. The van der Waals surface area contributed by atoms with E-state index in [0.717, 1.165) is 53.8 Å². The van der Waals surface area contributed by atoms with E-state index in [4.69, 9.17) is 0 Å². The molecule has 1 N–H and O–H groups in total. The second-order valence-electron chi connectivity index (χ2n) is 6.71. The van der Waals surface area contributed by atoms with E-state index >= 15 is 0 Å². The van der Waals surface area contributed by atoms with Gasteiger partial charge in [-0.05, 0) is 31.7 Å². The third kappa shape index (κ3) is 3.54. The highest BCUT2D eigenvalue weighted by Gasteiger charge is 2.19. The lowest BCUT2D eigenvalue weighted by Crippen LogP contribution is -2.44. The van der Waals surface area contributed by atoms with Gasteiger partial charge in [0.15, 0.2) is 5.16 Å². The number of rotatable bonds is 4. The highest BCUT2D eigenvalue weighted by Crippen LogP contribution is 2.29. The van der Waals surface area contributed by atoms with Gasteiger partial charge in [0.05, 0.1) is 22.4 Å². The Bertz CT molecular complexity index is 917. The quantitative estimate of drug-likeness (QED) is 0.712. The molecule has 1 saturated heterocycles. The van der Waals surface area contributed by atoms with Crippen molar-refractivity contribution in [3.63, 3.8) is 0 Å². The summed E-state index contributed by atoms with van der Waals surface area (Å²) in [5, 5.41) is 0.792. The van der Waals surface area contributed by atoms with E-state index in [1.165, 1.54) is 5.56 Å². The Morgan fingerprint density at radius 2 is 2.04 bits per heavy atom. The smallest absolute Gasteiger partial charge is 0.166 e. The average molecular weight is 371 g/mol. The van der Waals surface area contributed by atoms with Gasteiger partial charge in [0.1, 0.15) is 5.82 Å². The number of imidazole rings is 1. The van der Waals surface area contributed by atoms with E-state index in [2.05, 4.69) is 44.8 Å². The van der Waals surface area contributed by atoms with Crippen molar-refractivity contribution in [2.45, 2.75) is 17.8 Å². The normalized spacial score (nSPS) is 15.7. The first kappa shape index (κ1) is 17.3. The van der Waals surface area contributed by atoms with Crippen LogP contribution in [0, 0.1) is 12.7 Å². The van der Waals surface area contributed by atoms with Gasteiger partial charge in [-0.2, -0.15) is 0 Å². The molecule has 0 spiro atoms. The zero-order valence-electron chi connectivity index (χ0n) is 15.0. The first-order valence-corrected chi connectivity index (χ1v) is 9.75. The average Bonchev–Trinajstić information content (AvgIpc) is 3.03. The van der Waals surface area contributed by atoms with Crippen LogP contribution in [0.15, 0.2) is 35.6 Å². The molecule has 2 aromatic heterocycles. The third-order valence-corrected chi connectivity index (χ3v) is 5.72. The first-order chi connectivity index (χ1) is 12.6. The van der Waals surface area contributed by atoms with Gasteiger partial charge in [0.25, 0.3) is 0 Å². The molecule has 1 aromatic carbocycles. The number of aromatic nitrogens is 3. The molecule has 0 aliphatic carbocycles. The molecule has 0 amide bonds. The number of fused-ring (bicyclic) bond motifs is 1. The number of anilines is 1. The zero-order chi connectivity index (χ0) is 18.1. The van der Waals surface area contributed by atoms with Crippen LogP contribution < -0.4 is 4.90 Å². The van der Waals surface area contributed by atoms with Crippen LogP contribution in [0.25, 0.3) is 11.0 Å². The summed E-state index contributed by atoms with van der Waals surface area (Å²) >= 11 is 1.59. The number of hydrogen-bond acceptors (Lipinski definition) is 5. The highest BCUT2D eigenvalue weighted by molar-refractivity contribution is 7.98. The van der Waals surface area contributed by atoms with Crippen LogP contribution >= 0.6 is 11.8 Å². The molecule has 0 saturated carbocycles. The summed E-state index contributed by atoms with van der Waals surface area (Å²) < 4.78 is 14.6. The lowest BCUT2D eigenvalue weighted by molar-refractivity contribution is 0.312. The molecule has 1 fully saturated rings. The van der Waals surface area contributed by atoms with Gasteiger partial charge in [0, 0.05) is 44.2 Å². The Morgan fingerprint density at radius 1 is 1.23 bits per heavy atom. The van der Waals surface area contributed by atoms with Crippen LogP contribution in [0.2, 0.25) is 0 Å². The zero-order valence-corrected chi connectivity index (χ0v) is 15.8. The third-order valence-electron chi connectivity index (χ3n) is 4.84. The highest BCUT2D eigenvalue weighted by atomic mass is 32.2. The summed E-state index contributed by atoms with van der Waals surface area (Å²) in [5.74, 6) is 0.545. The van der Waals surface area contributed by atoms with Gasteiger partial charge in [-0.15, -0.1) is 0 Å². The minimum absolute atomic E-state index is 0.192. The lowest BCUT2D eigenvalue weighted by atomic mass is 10.2. The number of aryl methyl sites for hydroxylation is 1. The number of nitrogens with one attached hydrogen (secondary N) is 1. The molecule has 26 heavy (non-hydrogen) atoms. The van der Waals surface area contributed by atoms with Crippen LogP contribution in [0.3, 0.4) is 0 Å². The van der Waals surface area contributed by atoms with Crippen LogP contribution in [-0.4, -0.2) is 53.1 Å². The fourth-order valence-corrected chi connectivity index (χ4v) is 4.08. The van der Waals surface area contributed by atoms with E-state index in [1.54, 1.807) is 24.0 Å². The molecule has 0 atom stereocenters. The van der Waals surface area contributed by atoms with Gasteiger partial charge in [-0.3, -0.25) is 4.98 Å². The molecule has 3 aromatic rings. The number of halogens is 1. The summed E-state index contributed by atoms with van der Waals surface area (Å²) in [6.07, 6.45) is 1.80. The van der Waals surface area contributed by atoms with Crippen LogP contribution in [0.1, 0.15) is 11.3 Å². The van der Waals surface area contributed by atoms with Gasteiger partial charge in [0.2, 0.25) is 0 Å². The summed E-state index contributed by atoms with van der Waals surface area (Å²) in [7, 11) is 2.09. The Hall–Kier alpha value is -2.12. The molecule has 1 aliphatic rings. The number of thioether (sulfide) groups is 1. The van der Waals surface area contributed by atoms with Crippen molar-refractivity contribution in [1.82, 2.24) is 19.9 Å². The van der Waals surface area contributed by atoms with Gasteiger partial charge in [-0.25, -0.2) is 9.37 Å². The number of hydrogen-bond donors (Lipinski definition) is 1. The van der Waals surface area contributed by atoms with E-state index in [-0.39, 0.29) is 5.82 Å². The van der Waals surface area contributed by atoms with Gasteiger partial charge in [-0.1, -0.05) is 17.8 Å². The number of pyridine rings is 1. The monoisotopic (exact) mass is 371 g/mol. The number of likely N-dealkylation sites (N-methyl/N-ethyl adjacent to an activating group) is 1.